The molecule has 0 bridgehead atoms. The second-order valence-corrected chi connectivity index (χ2v) is 5.42. The molecule has 3 rings (SSSR count). The molecule has 2 N–H and O–H groups in total. The van der Waals surface area contributed by atoms with E-state index in [1.165, 1.54) is 0 Å². The number of ether oxygens (including phenoxy) is 1. The maximum absolute atomic E-state index is 11.2. The number of nitrogens with two attached hydrogens (primary N) is 1. The summed E-state index contributed by atoms with van der Waals surface area (Å²) < 4.78 is 7.14. The van der Waals surface area contributed by atoms with Crippen molar-refractivity contribution in [1.82, 2.24) is 19.7 Å². The number of morpholine rings is 1. The molecule has 1 atom stereocenters. The fourth-order valence-electron chi connectivity index (χ4n) is 2.71. The number of hydrogen-bond acceptors (Lipinski definition) is 5. The van der Waals surface area contributed by atoms with Crippen LogP contribution in [-0.2, 0) is 23.1 Å². The monoisotopic (exact) mass is 289 g/mol. The van der Waals surface area contributed by atoms with Crippen LogP contribution >= 0.6 is 0 Å². The van der Waals surface area contributed by atoms with Gasteiger partial charge in [0.25, 0.3) is 0 Å². The van der Waals surface area contributed by atoms with Crippen molar-refractivity contribution < 1.29 is 9.53 Å². The highest BCUT2D eigenvalue weighted by atomic mass is 16.5. The normalized spacial score (nSPS) is 20.0. The Bertz CT molecular complexity index is 681. The first-order chi connectivity index (χ1) is 10.0. The zero-order valence-corrected chi connectivity index (χ0v) is 12.2. The summed E-state index contributed by atoms with van der Waals surface area (Å²) in [7, 11) is 1.89. The lowest BCUT2D eigenvalue weighted by atomic mass is 10.2. The van der Waals surface area contributed by atoms with Crippen LogP contribution in [0.3, 0.4) is 0 Å². The van der Waals surface area contributed by atoms with Gasteiger partial charge in [0.2, 0.25) is 5.91 Å². The second-order valence-electron chi connectivity index (χ2n) is 5.42. The summed E-state index contributed by atoms with van der Waals surface area (Å²) in [6.07, 6.45) is 1.34. The first kappa shape index (κ1) is 14.0. The molecule has 1 fully saturated rings. The van der Waals surface area contributed by atoms with Crippen LogP contribution in [0.5, 0.6) is 0 Å². The molecule has 0 radical (unpaired) electrons. The predicted octanol–water partition coefficient (Wildman–Crippen LogP) is -0.0372. The van der Waals surface area contributed by atoms with Gasteiger partial charge in [0, 0.05) is 38.3 Å². The minimum atomic E-state index is -0.518. The molecule has 0 saturated carbocycles. The third-order valence-electron chi connectivity index (χ3n) is 3.79. The van der Waals surface area contributed by atoms with Gasteiger partial charge in [-0.05, 0) is 18.6 Å². The number of carbonyl (C=O) groups is 1. The van der Waals surface area contributed by atoms with E-state index in [-0.39, 0.29) is 0 Å². The van der Waals surface area contributed by atoms with Crippen molar-refractivity contribution in [2.24, 2.45) is 12.8 Å². The molecule has 2 aromatic heterocycles. The fourth-order valence-corrected chi connectivity index (χ4v) is 2.71. The minimum Gasteiger partial charge on any atom is -0.367 e. The number of amides is 1. The van der Waals surface area contributed by atoms with E-state index in [0.29, 0.717) is 13.2 Å². The van der Waals surface area contributed by atoms with Crippen LogP contribution < -0.4 is 5.73 Å². The highest BCUT2D eigenvalue weighted by Crippen LogP contribution is 2.18. The average Bonchev–Trinajstić information content (AvgIpc) is 2.74. The van der Waals surface area contributed by atoms with Crippen molar-refractivity contribution in [3.8, 4) is 0 Å². The molecule has 21 heavy (non-hydrogen) atoms. The summed E-state index contributed by atoms with van der Waals surface area (Å²) in [5.41, 5.74) is 8.26. The van der Waals surface area contributed by atoms with Gasteiger partial charge in [0.05, 0.1) is 12.3 Å². The summed E-state index contributed by atoms with van der Waals surface area (Å²) in [5, 5.41) is 5.44. The Morgan fingerprint density at radius 3 is 3.14 bits per heavy atom. The number of fused-ring (bicyclic) bond motifs is 1. The first-order valence-electron chi connectivity index (χ1n) is 6.96. The molecular formula is C14H19N5O2. The fraction of sp³-hybridized carbons (Fsp3) is 0.500. The third kappa shape index (κ3) is 2.74. The van der Waals surface area contributed by atoms with Crippen molar-refractivity contribution in [2.75, 3.05) is 19.7 Å². The van der Waals surface area contributed by atoms with Gasteiger partial charge in [0.1, 0.15) is 6.10 Å². The number of primary amides is 1. The average molecular weight is 289 g/mol. The van der Waals surface area contributed by atoms with E-state index in [4.69, 9.17) is 10.5 Å². The molecule has 1 unspecified atom stereocenters. The second kappa shape index (κ2) is 5.42. The lowest BCUT2D eigenvalue weighted by molar-refractivity contribution is -0.135. The topological polar surface area (TPSA) is 86.3 Å². The Kier molecular flexibility index (Phi) is 3.60. The minimum absolute atomic E-state index is 0.406. The Balaban J connectivity index is 1.78. The molecule has 2 aromatic rings. The van der Waals surface area contributed by atoms with Crippen LogP contribution in [-0.4, -0.2) is 51.4 Å². The van der Waals surface area contributed by atoms with Crippen molar-refractivity contribution in [3.63, 3.8) is 0 Å². The molecule has 0 aliphatic carbocycles. The highest BCUT2D eigenvalue weighted by Gasteiger charge is 2.24. The van der Waals surface area contributed by atoms with Crippen LogP contribution in [0.2, 0.25) is 0 Å². The number of nitrogens with zero attached hydrogens (tertiary/aromatic N) is 4. The number of aryl methyl sites for hydroxylation is 2. The Morgan fingerprint density at radius 1 is 1.57 bits per heavy atom. The smallest absolute Gasteiger partial charge is 0.247 e. The van der Waals surface area contributed by atoms with Gasteiger partial charge in [0.15, 0.2) is 5.65 Å². The summed E-state index contributed by atoms with van der Waals surface area (Å²) >= 11 is 0. The summed E-state index contributed by atoms with van der Waals surface area (Å²) in [6, 6.07) is 2.11. The lowest BCUT2D eigenvalue weighted by Gasteiger charge is -2.31. The molecule has 1 aliphatic heterocycles. The van der Waals surface area contributed by atoms with E-state index >= 15 is 0 Å². The van der Waals surface area contributed by atoms with Crippen LogP contribution in [0.15, 0.2) is 12.3 Å². The molecule has 7 heteroatoms. The SMILES string of the molecule is Cc1nn(C)c2ncc(CN3CCOC(C(N)=O)C3)cc12. The number of hydrogen-bond donors (Lipinski definition) is 1. The van der Waals surface area contributed by atoms with Gasteiger partial charge in [-0.2, -0.15) is 5.10 Å². The van der Waals surface area contributed by atoms with Crippen molar-refractivity contribution in [2.45, 2.75) is 19.6 Å². The Labute approximate surface area is 122 Å². The van der Waals surface area contributed by atoms with Crippen LogP contribution in [0.1, 0.15) is 11.3 Å². The molecule has 1 aliphatic rings. The molecule has 0 aromatic carbocycles. The quantitative estimate of drug-likeness (QED) is 0.857. The van der Waals surface area contributed by atoms with E-state index < -0.39 is 12.0 Å². The summed E-state index contributed by atoms with van der Waals surface area (Å²) in [5.74, 6) is -0.406. The zero-order chi connectivity index (χ0) is 15.0. The van der Waals surface area contributed by atoms with E-state index in [2.05, 4.69) is 21.0 Å². The molecule has 1 amide bonds. The van der Waals surface area contributed by atoms with Gasteiger partial charge >= 0.3 is 0 Å². The standard InChI is InChI=1S/C14H19N5O2/c1-9-11-5-10(6-16-14(11)18(2)17-9)7-19-3-4-21-12(8-19)13(15)20/h5-6,12H,3-4,7-8H2,1-2H3,(H2,15,20). The number of pyridine rings is 1. The zero-order valence-electron chi connectivity index (χ0n) is 12.2. The number of carbonyl (C=O) groups excluding carboxylic acids is 1. The lowest BCUT2D eigenvalue weighted by Crippen LogP contribution is -2.47. The molecular weight excluding hydrogens is 270 g/mol. The molecule has 112 valence electrons. The van der Waals surface area contributed by atoms with Gasteiger partial charge in [-0.1, -0.05) is 0 Å². The van der Waals surface area contributed by atoms with Gasteiger partial charge < -0.3 is 10.5 Å². The van der Waals surface area contributed by atoms with Crippen molar-refractivity contribution in [1.29, 1.82) is 0 Å². The number of aromatic nitrogens is 3. The van der Waals surface area contributed by atoms with Crippen LogP contribution in [0.25, 0.3) is 11.0 Å². The van der Waals surface area contributed by atoms with Crippen LogP contribution in [0.4, 0.5) is 0 Å². The first-order valence-corrected chi connectivity index (χ1v) is 6.96. The maximum atomic E-state index is 11.2. The highest BCUT2D eigenvalue weighted by molar-refractivity contribution is 5.79. The Hall–Kier alpha value is -1.99. The third-order valence-corrected chi connectivity index (χ3v) is 3.79. The molecule has 3 heterocycles. The number of rotatable bonds is 3. The van der Waals surface area contributed by atoms with E-state index in [0.717, 1.165) is 35.4 Å². The van der Waals surface area contributed by atoms with Crippen molar-refractivity contribution in [3.05, 3.63) is 23.5 Å². The van der Waals surface area contributed by atoms with Crippen LogP contribution in [0, 0.1) is 6.92 Å². The molecule has 7 nitrogen and oxygen atoms in total. The van der Waals surface area contributed by atoms with Gasteiger partial charge in [-0.25, -0.2) is 4.98 Å². The Morgan fingerprint density at radius 2 is 2.38 bits per heavy atom. The van der Waals surface area contributed by atoms with Gasteiger partial charge in [-0.3, -0.25) is 14.4 Å². The predicted molar refractivity (Wildman–Crippen MR) is 77.5 cm³/mol. The maximum Gasteiger partial charge on any atom is 0.247 e. The van der Waals surface area contributed by atoms with E-state index in [1.54, 1.807) is 4.68 Å². The summed E-state index contributed by atoms with van der Waals surface area (Å²) in [4.78, 5) is 17.9. The van der Waals surface area contributed by atoms with E-state index in [1.807, 2.05) is 20.2 Å². The van der Waals surface area contributed by atoms with Gasteiger partial charge in [-0.15, -0.1) is 0 Å². The largest absolute Gasteiger partial charge is 0.367 e. The molecule has 1 saturated heterocycles. The van der Waals surface area contributed by atoms with Crippen molar-refractivity contribution >= 4 is 16.9 Å². The van der Waals surface area contributed by atoms with E-state index in [9.17, 15) is 4.79 Å². The summed E-state index contributed by atoms with van der Waals surface area (Å²) in [6.45, 7) is 4.54. The molecule has 0 spiro atoms.